The van der Waals surface area contributed by atoms with Gasteiger partial charge in [0.05, 0.1) is 10.6 Å². The van der Waals surface area contributed by atoms with Gasteiger partial charge in [-0.05, 0) is 61.7 Å². The van der Waals surface area contributed by atoms with Gasteiger partial charge >= 0.3 is 0 Å². The van der Waals surface area contributed by atoms with Crippen LogP contribution in [0.25, 0.3) is 0 Å². The number of anilines is 1. The molecule has 0 spiro atoms. The first-order chi connectivity index (χ1) is 20.1. The van der Waals surface area contributed by atoms with Crippen molar-refractivity contribution in [2.45, 2.75) is 50.7 Å². The second-order valence-corrected chi connectivity index (χ2v) is 12.4. The van der Waals surface area contributed by atoms with E-state index in [2.05, 4.69) is 5.32 Å². The number of carbonyl (C=O) groups is 2. The molecule has 0 aliphatic rings. The number of nitrogens with zero attached hydrogens (tertiary/aromatic N) is 2. The predicted octanol–water partition coefficient (Wildman–Crippen LogP) is 5.36. The maximum atomic E-state index is 14.4. The summed E-state index contributed by atoms with van der Waals surface area (Å²) in [4.78, 5) is 29.6. The summed E-state index contributed by atoms with van der Waals surface area (Å²) in [5, 5.41) is 2.97. The molecule has 0 fully saturated rings. The Balaban J connectivity index is 1.79. The zero-order valence-electron chi connectivity index (χ0n) is 24.2. The molecule has 4 rings (SSSR count). The zero-order valence-corrected chi connectivity index (χ0v) is 25.0. The summed E-state index contributed by atoms with van der Waals surface area (Å²) < 4.78 is 29.1. The Bertz CT molecular complexity index is 1580. The number of hydrogen-bond acceptors (Lipinski definition) is 4. The molecule has 4 aromatic rings. The average molecular weight is 584 g/mol. The normalized spacial score (nSPS) is 12.0. The molecule has 0 aliphatic heterocycles. The summed E-state index contributed by atoms with van der Waals surface area (Å²) in [6, 6.07) is 33.0. The summed E-state index contributed by atoms with van der Waals surface area (Å²) in [6.07, 6.45) is 0.272. The monoisotopic (exact) mass is 583 g/mol. The van der Waals surface area contributed by atoms with Crippen molar-refractivity contribution in [2.75, 3.05) is 10.8 Å². The Kier molecular flexibility index (Phi) is 10.1. The number of aryl methyl sites for hydroxylation is 1. The lowest BCUT2D eigenvalue weighted by atomic mass is 10.0. The van der Waals surface area contributed by atoms with Gasteiger partial charge in [-0.3, -0.25) is 13.9 Å². The van der Waals surface area contributed by atoms with Crippen LogP contribution >= 0.6 is 0 Å². The van der Waals surface area contributed by atoms with E-state index in [9.17, 15) is 18.0 Å². The summed E-state index contributed by atoms with van der Waals surface area (Å²) in [5.74, 6) is -0.786. The second-order valence-electron chi connectivity index (χ2n) is 10.5. The van der Waals surface area contributed by atoms with E-state index in [-0.39, 0.29) is 29.8 Å². The van der Waals surface area contributed by atoms with Crippen LogP contribution in [0.1, 0.15) is 30.5 Å². The molecule has 1 N–H and O–H groups in total. The van der Waals surface area contributed by atoms with Crippen molar-refractivity contribution < 1.29 is 18.0 Å². The fourth-order valence-corrected chi connectivity index (χ4v) is 6.17. The number of benzene rings is 4. The van der Waals surface area contributed by atoms with Crippen LogP contribution in [0.5, 0.6) is 0 Å². The van der Waals surface area contributed by atoms with Crippen molar-refractivity contribution in [1.29, 1.82) is 0 Å². The van der Waals surface area contributed by atoms with Crippen molar-refractivity contribution >= 4 is 27.5 Å². The first kappa shape index (κ1) is 30.5. The lowest BCUT2D eigenvalue weighted by molar-refractivity contribution is -0.140. The van der Waals surface area contributed by atoms with Gasteiger partial charge in [0.15, 0.2) is 0 Å². The third kappa shape index (κ3) is 7.85. The second kappa shape index (κ2) is 14.0. The van der Waals surface area contributed by atoms with Crippen LogP contribution in [0.3, 0.4) is 0 Å². The lowest BCUT2D eigenvalue weighted by Crippen LogP contribution is -2.54. The van der Waals surface area contributed by atoms with Gasteiger partial charge in [-0.2, -0.15) is 0 Å². The fourth-order valence-electron chi connectivity index (χ4n) is 4.75. The van der Waals surface area contributed by atoms with Crippen molar-refractivity contribution in [3.8, 4) is 0 Å². The molecule has 0 saturated carbocycles. The standard InChI is InChI=1S/C34H37N3O4S/c1-26(2)35-34(39)32(23-28-15-7-4-8-16-28)36(24-29-17-9-5-10-18-29)33(38)25-37(30-19-13-14-27(3)22-30)42(40,41)31-20-11-6-12-21-31/h4-22,26,32H,23-25H2,1-3H3,(H,35,39)/t32-/m1/s1. The van der Waals surface area contributed by atoms with E-state index in [1.54, 1.807) is 36.4 Å². The van der Waals surface area contributed by atoms with Gasteiger partial charge < -0.3 is 10.2 Å². The minimum absolute atomic E-state index is 0.0762. The van der Waals surface area contributed by atoms with Gasteiger partial charge in [0, 0.05) is 19.0 Å². The number of hydrogen-bond donors (Lipinski definition) is 1. The van der Waals surface area contributed by atoms with Gasteiger partial charge in [-0.1, -0.05) is 91.0 Å². The molecule has 8 heteroatoms. The predicted molar refractivity (Wildman–Crippen MR) is 166 cm³/mol. The van der Waals surface area contributed by atoms with E-state index >= 15 is 0 Å². The van der Waals surface area contributed by atoms with Crippen LogP contribution in [0.4, 0.5) is 5.69 Å². The van der Waals surface area contributed by atoms with E-state index in [1.165, 1.54) is 17.0 Å². The minimum Gasteiger partial charge on any atom is -0.352 e. The topological polar surface area (TPSA) is 86.8 Å². The summed E-state index contributed by atoms with van der Waals surface area (Å²) in [5.41, 5.74) is 2.94. The molecule has 0 unspecified atom stereocenters. The molecule has 7 nitrogen and oxygen atoms in total. The maximum Gasteiger partial charge on any atom is 0.264 e. The van der Waals surface area contributed by atoms with Crippen LogP contribution in [0.2, 0.25) is 0 Å². The van der Waals surface area contributed by atoms with Crippen molar-refractivity contribution in [3.05, 3.63) is 132 Å². The molecule has 0 aliphatic carbocycles. The third-order valence-electron chi connectivity index (χ3n) is 6.80. The molecule has 0 saturated heterocycles. The molecule has 218 valence electrons. The highest BCUT2D eigenvalue weighted by Crippen LogP contribution is 2.26. The van der Waals surface area contributed by atoms with E-state index < -0.39 is 28.5 Å². The van der Waals surface area contributed by atoms with Crippen molar-refractivity contribution in [3.63, 3.8) is 0 Å². The Morgan fingerprint density at radius 2 is 1.33 bits per heavy atom. The first-order valence-corrected chi connectivity index (χ1v) is 15.4. The quantitative estimate of drug-likeness (QED) is 0.244. The van der Waals surface area contributed by atoms with E-state index in [0.29, 0.717) is 5.69 Å². The molecule has 42 heavy (non-hydrogen) atoms. The molecular weight excluding hydrogens is 546 g/mol. The summed E-state index contributed by atoms with van der Waals surface area (Å²) >= 11 is 0. The van der Waals surface area contributed by atoms with Crippen LogP contribution in [-0.2, 0) is 32.6 Å². The molecule has 4 aromatic carbocycles. The number of amides is 2. The van der Waals surface area contributed by atoms with Gasteiger partial charge in [-0.25, -0.2) is 8.42 Å². The Morgan fingerprint density at radius 3 is 1.90 bits per heavy atom. The molecule has 0 aromatic heterocycles. The number of rotatable bonds is 12. The number of nitrogens with one attached hydrogen (secondary N) is 1. The largest absolute Gasteiger partial charge is 0.352 e. The Labute approximate surface area is 248 Å². The number of sulfonamides is 1. The van der Waals surface area contributed by atoms with Crippen LogP contribution in [-0.4, -0.2) is 43.8 Å². The van der Waals surface area contributed by atoms with Crippen molar-refractivity contribution in [2.24, 2.45) is 0 Å². The Morgan fingerprint density at radius 1 is 0.762 bits per heavy atom. The van der Waals surface area contributed by atoms with E-state index in [0.717, 1.165) is 21.0 Å². The maximum absolute atomic E-state index is 14.4. The fraction of sp³-hybridized carbons (Fsp3) is 0.235. The molecule has 0 heterocycles. The smallest absolute Gasteiger partial charge is 0.264 e. The van der Waals surface area contributed by atoms with Crippen LogP contribution < -0.4 is 9.62 Å². The van der Waals surface area contributed by atoms with Gasteiger partial charge in [-0.15, -0.1) is 0 Å². The molecule has 0 radical (unpaired) electrons. The van der Waals surface area contributed by atoms with Crippen molar-refractivity contribution in [1.82, 2.24) is 10.2 Å². The summed E-state index contributed by atoms with van der Waals surface area (Å²) in [7, 11) is -4.11. The highest BCUT2D eigenvalue weighted by Gasteiger charge is 2.34. The summed E-state index contributed by atoms with van der Waals surface area (Å²) in [6.45, 7) is 5.26. The Hall–Kier alpha value is -4.43. The highest BCUT2D eigenvalue weighted by atomic mass is 32.2. The minimum atomic E-state index is -4.11. The third-order valence-corrected chi connectivity index (χ3v) is 8.59. The molecule has 1 atom stereocenters. The molecular formula is C34H37N3O4S. The molecule has 2 amide bonds. The van der Waals surface area contributed by atoms with E-state index in [4.69, 9.17) is 0 Å². The van der Waals surface area contributed by atoms with Crippen LogP contribution in [0, 0.1) is 6.92 Å². The van der Waals surface area contributed by atoms with Gasteiger partial charge in [0.25, 0.3) is 10.0 Å². The molecule has 0 bridgehead atoms. The zero-order chi connectivity index (χ0) is 30.1. The number of carbonyl (C=O) groups excluding carboxylic acids is 2. The van der Waals surface area contributed by atoms with Crippen LogP contribution in [0.15, 0.2) is 120 Å². The lowest BCUT2D eigenvalue weighted by Gasteiger charge is -2.34. The highest BCUT2D eigenvalue weighted by molar-refractivity contribution is 7.92. The van der Waals surface area contributed by atoms with Gasteiger partial charge in [0.2, 0.25) is 11.8 Å². The average Bonchev–Trinajstić information content (AvgIpc) is 2.98. The SMILES string of the molecule is Cc1cccc(N(CC(=O)N(Cc2ccccc2)[C@H](Cc2ccccc2)C(=O)NC(C)C)S(=O)(=O)c2ccccc2)c1. The van der Waals surface area contributed by atoms with Gasteiger partial charge in [0.1, 0.15) is 12.6 Å². The first-order valence-electron chi connectivity index (χ1n) is 14.0. The van der Waals surface area contributed by atoms with E-state index in [1.807, 2.05) is 87.5 Å².